The Labute approximate surface area is 127 Å². The number of anilines is 2. The summed E-state index contributed by atoms with van der Waals surface area (Å²) in [6, 6.07) is 7.56. The van der Waals surface area contributed by atoms with Crippen LogP contribution in [0.1, 0.15) is 12.1 Å². The number of hydrogen-bond donors (Lipinski definition) is 3. The summed E-state index contributed by atoms with van der Waals surface area (Å²) in [6.07, 6.45) is 5.96. The lowest BCUT2D eigenvalue weighted by Crippen LogP contribution is -2.28. The first kappa shape index (κ1) is 13.4. The van der Waals surface area contributed by atoms with Crippen molar-refractivity contribution in [2.45, 2.75) is 6.42 Å². The van der Waals surface area contributed by atoms with Crippen molar-refractivity contribution in [3.63, 3.8) is 0 Å². The van der Waals surface area contributed by atoms with Gasteiger partial charge in [-0.1, -0.05) is 0 Å². The largest absolute Gasteiger partial charge is 0.383 e. The number of nitrogens with zero attached hydrogens (tertiary/aromatic N) is 3. The van der Waals surface area contributed by atoms with Crippen molar-refractivity contribution in [1.29, 1.82) is 0 Å². The molecule has 3 rings (SSSR count). The minimum atomic E-state index is 0.435. The Kier molecular flexibility index (Phi) is 4.02. The maximum atomic E-state index is 5.22. The van der Waals surface area contributed by atoms with Gasteiger partial charge in [0.2, 0.25) is 0 Å². The topological polar surface area (TPSA) is 74.2 Å². The van der Waals surface area contributed by atoms with Gasteiger partial charge in [-0.05, 0) is 36.5 Å². The molecule has 7 heteroatoms. The Balaban J connectivity index is 1.68. The number of thiocarbonyl (C=S) groups is 1. The molecule has 6 nitrogen and oxygen atoms in total. The molecule has 2 aromatic heterocycles. The van der Waals surface area contributed by atoms with Gasteiger partial charge in [0, 0.05) is 37.2 Å². The number of hydrazone groups is 1. The summed E-state index contributed by atoms with van der Waals surface area (Å²) in [6.45, 7) is 0.837. The Morgan fingerprint density at radius 1 is 1.24 bits per heavy atom. The average Bonchev–Trinajstić information content (AvgIpc) is 2.54. The molecule has 1 aliphatic heterocycles. The van der Waals surface area contributed by atoms with Crippen molar-refractivity contribution in [2.24, 2.45) is 5.10 Å². The molecule has 3 N–H and O–H groups in total. The van der Waals surface area contributed by atoms with Gasteiger partial charge >= 0.3 is 0 Å². The second kappa shape index (κ2) is 6.27. The molecule has 0 radical (unpaired) electrons. The van der Waals surface area contributed by atoms with Crippen LogP contribution in [0.5, 0.6) is 0 Å². The number of rotatable bonds is 2. The van der Waals surface area contributed by atoms with E-state index in [0.717, 1.165) is 35.7 Å². The lowest BCUT2D eigenvalue weighted by molar-refractivity contribution is 0.976. The molecule has 0 aromatic carbocycles. The van der Waals surface area contributed by atoms with E-state index in [1.807, 2.05) is 24.3 Å². The van der Waals surface area contributed by atoms with Crippen LogP contribution in [-0.2, 0) is 0 Å². The van der Waals surface area contributed by atoms with Crippen LogP contribution in [0.3, 0.4) is 0 Å². The zero-order valence-corrected chi connectivity index (χ0v) is 12.0. The summed E-state index contributed by atoms with van der Waals surface area (Å²) in [5.74, 6) is 0. The molecule has 0 amide bonds. The molecular formula is C14H14N6S. The SMILES string of the molecule is S=C(N/N=C1/CCNc2cccnc21)Nc1ccncc1. The lowest BCUT2D eigenvalue weighted by atomic mass is 10.1. The highest BCUT2D eigenvalue weighted by Gasteiger charge is 2.15. The normalized spacial score (nSPS) is 15.0. The van der Waals surface area contributed by atoms with E-state index in [9.17, 15) is 0 Å². The van der Waals surface area contributed by atoms with Crippen molar-refractivity contribution >= 4 is 34.4 Å². The second-order valence-electron chi connectivity index (χ2n) is 4.44. The van der Waals surface area contributed by atoms with Gasteiger partial charge < -0.3 is 10.6 Å². The Morgan fingerprint density at radius 3 is 2.95 bits per heavy atom. The molecule has 3 heterocycles. The number of fused-ring (bicyclic) bond motifs is 1. The van der Waals surface area contributed by atoms with E-state index in [2.05, 4.69) is 31.1 Å². The van der Waals surface area contributed by atoms with Gasteiger partial charge in [-0.15, -0.1) is 0 Å². The van der Waals surface area contributed by atoms with E-state index in [1.54, 1.807) is 18.6 Å². The molecule has 0 saturated heterocycles. The van der Waals surface area contributed by atoms with Gasteiger partial charge in [-0.3, -0.25) is 15.4 Å². The maximum absolute atomic E-state index is 5.22. The van der Waals surface area contributed by atoms with Gasteiger partial charge in [0.15, 0.2) is 5.11 Å². The molecule has 0 saturated carbocycles. The van der Waals surface area contributed by atoms with Crippen molar-refractivity contribution in [3.05, 3.63) is 48.5 Å². The standard InChI is InChI=1S/C14H14N6S/c21-14(18-10-3-7-15-8-4-10)20-19-12-5-9-16-11-2-1-6-17-13(11)12/h1-4,6-8,16H,5,9H2,(H2,15,18,20,21)/b19-12-. The Bertz CT molecular complexity index is 670. The quantitative estimate of drug-likeness (QED) is 0.581. The summed E-state index contributed by atoms with van der Waals surface area (Å²) in [7, 11) is 0. The minimum absolute atomic E-state index is 0.435. The second-order valence-corrected chi connectivity index (χ2v) is 4.84. The third kappa shape index (κ3) is 3.32. The fourth-order valence-electron chi connectivity index (χ4n) is 2.03. The molecule has 1 aliphatic rings. The summed E-state index contributed by atoms with van der Waals surface area (Å²) in [5.41, 5.74) is 6.48. The first-order valence-electron chi connectivity index (χ1n) is 6.56. The van der Waals surface area contributed by atoms with E-state index < -0.39 is 0 Å². The van der Waals surface area contributed by atoms with Crippen LogP contribution in [0.4, 0.5) is 11.4 Å². The number of pyridine rings is 2. The first-order chi connectivity index (χ1) is 10.3. The maximum Gasteiger partial charge on any atom is 0.191 e. The van der Waals surface area contributed by atoms with Gasteiger partial charge in [0.1, 0.15) is 5.69 Å². The van der Waals surface area contributed by atoms with E-state index in [0.29, 0.717) is 5.11 Å². The van der Waals surface area contributed by atoms with Crippen LogP contribution < -0.4 is 16.1 Å². The highest BCUT2D eigenvalue weighted by Crippen LogP contribution is 2.18. The van der Waals surface area contributed by atoms with Gasteiger partial charge in [0.25, 0.3) is 0 Å². The highest BCUT2D eigenvalue weighted by molar-refractivity contribution is 7.80. The molecule has 0 aliphatic carbocycles. The molecular weight excluding hydrogens is 284 g/mol. The summed E-state index contributed by atoms with van der Waals surface area (Å²) in [4.78, 5) is 8.31. The smallest absolute Gasteiger partial charge is 0.191 e. The minimum Gasteiger partial charge on any atom is -0.383 e. The highest BCUT2D eigenvalue weighted by atomic mass is 32.1. The number of nitrogens with one attached hydrogen (secondary N) is 3. The fraction of sp³-hybridized carbons (Fsp3) is 0.143. The molecule has 0 bridgehead atoms. The zero-order valence-electron chi connectivity index (χ0n) is 11.2. The fourth-order valence-corrected chi connectivity index (χ4v) is 2.20. The van der Waals surface area contributed by atoms with Crippen molar-refractivity contribution < 1.29 is 0 Å². The molecule has 2 aromatic rings. The Morgan fingerprint density at radius 2 is 2.10 bits per heavy atom. The molecule has 0 fully saturated rings. The van der Waals surface area contributed by atoms with Crippen LogP contribution in [0.15, 0.2) is 48.0 Å². The predicted octanol–water partition coefficient (Wildman–Crippen LogP) is 1.98. The first-order valence-corrected chi connectivity index (χ1v) is 6.96. The van der Waals surface area contributed by atoms with Crippen LogP contribution in [0.25, 0.3) is 0 Å². The van der Waals surface area contributed by atoms with Crippen molar-refractivity contribution in [3.8, 4) is 0 Å². The van der Waals surface area contributed by atoms with E-state index >= 15 is 0 Å². The lowest BCUT2D eigenvalue weighted by Gasteiger charge is -2.18. The van der Waals surface area contributed by atoms with E-state index in [4.69, 9.17) is 12.2 Å². The number of aromatic nitrogens is 2. The van der Waals surface area contributed by atoms with Crippen LogP contribution in [-0.4, -0.2) is 27.3 Å². The summed E-state index contributed by atoms with van der Waals surface area (Å²) >= 11 is 5.22. The summed E-state index contributed by atoms with van der Waals surface area (Å²) in [5, 5.41) is 11.1. The summed E-state index contributed by atoms with van der Waals surface area (Å²) < 4.78 is 0. The van der Waals surface area contributed by atoms with Crippen molar-refractivity contribution in [1.82, 2.24) is 15.4 Å². The van der Waals surface area contributed by atoms with Crippen LogP contribution in [0.2, 0.25) is 0 Å². The third-order valence-corrected chi connectivity index (χ3v) is 3.18. The van der Waals surface area contributed by atoms with Crippen molar-refractivity contribution in [2.75, 3.05) is 17.2 Å². The van der Waals surface area contributed by atoms with E-state index in [-0.39, 0.29) is 0 Å². The predicted molar refractivity (Wildman–Crippen MR) is 87.5 cm³/mol. The third-order valence-electron chi connectivity index (χ3n) is 2.99. The molecule has 106 valence electrons. The van der Waals surface area contributed by atoms with Gasteiger partial charge in [0.05, 0.1) is 11.4 Å². The number of hydrogen-bond acceptors (Lipinski definition) is 5. The molecule has 0 atom stereocenters. The molecule has 0 unspecified atom stereocenters. The van der Waals surface area contributed by atoms with E-state index in [1.165, 1.54) is 0 Å². The zero-order chi connectivity index (χ0) is 14.5. The monoisotopic (exact) mass is 298 g/mol. The van der Waals surface area contributed by atoms with Crippen LogP contribution >= 0.6 is 12.2 Å². The van der Waals surface area contributed by atoms with Gasteiger partial charge in [-0.25, -0.2) is 0 Å². The molecule has 0 spiro atoms. The Hall–Kier alpha value is -2.54. The van der Waals surface area contributed by atoms with Gasteiger partial charge in [-0.2, -0.15) is 5.10 Å². The van der Waals surface area contributed by atoms with Crippen LogP contribution in [0, 0.1) is 0 Å². The average molecular weight is 298 g/mol. The molecule has 21 heavy (non-hydrogen) atoms.